The molecule has 206 valence electrons. The van der Waals surface area contributed by atoms with E-state index >= 15 is 0 Å². The fourth-order valence-electron chi connectivity index (χ4n) is 4.82. The average molecular weight is 641 g/mol. The minimum atomic E-state index is -0.769. The van der Waals surface area contributed by atoms with Gasteiger partial charge in [0, 0.05) is 32.6 Å². The van der Waals surface area contributed by atoms with Gasteiger partial charge in [0.25, 0.3) is 5.56 Å². The average Bonchev–Trinajstić information content (AvgIpc) is 3.52. The smallest absolute Gasteiger partial charge is 0.338 e. The number of nitrogens with zero attached hydrogens (tertiary/aromatic N) is 3. The Balaban J connectivity index is 1.76. The van der Waals surface area contributed by atoms with E-state index in [4.69, 9.17) is 26.1 Å². The molecule has 0 fully saturated rings. The van der Waals surface area contributed by atoms with Gasteiger partial charge in [0.1, 0.15) is 11.8 Å². The fourth-order valence-corrected chi connectivity index (χ4v) is 6.33. The van der Waals surface area contributed by atoms with Gasteiger partial charge in [-0.2, -0.15) is 0 Å². The lowest BCUT2D eigenvalue weighted by Crippen LogP contribution is -2.40. The Bertz CT molecular complexity index is 1790. The highest BCUT2D eigenvalue weighted by atomic mass is 79.9. The lowest BCUT2D eigenvalue weighted by atomic mass is 9.93. The fraction of sp³-hybridized carbons (Fsp3) is 0.233. The standard InChI is InChI=1S/C30H27BrClN3O4S/c1-4-7-23-26(29(37)39-5-2)27(22-16-18(31)9-14-24(22)38-3)35-28(36)25(40-30(35)33-23)17-21-8-6-15-34(21)20-12-10-19(32)11-13-20/h6,8-17,27H,4-5,7H2,1-3H3. The van der Waals surface area contributed by atoms with Crippen LogP contribution in [0.2, 0.25) is 5.02 Å². The molecule has 1 aliphatic rings. The van der Waals surface area contributed by atoms with E-state index in [9.17, 15) is 9.59 Å². The first-order valence-corrected chi connectivity index (χ1v) is 14.8. The maximum atomic E-state index is 14.1. The number of aromatic nitrogens is 2. The van der Waals surface area contributed by atoms with Crippen LogP contribution in [0.15, 0.2) is 86.3 Å². The third kappa shape index (κ3) is 5.33. The second-order valence-corrected chi connectivity index (χ2v) is 11.4. The van der Waals surface area contributed by atoms with Gasteiger partial charge in [0.15, 0.2) is 4.80 Å². The van der Waals surface area contributed by atoms with E-state index in [0.29, 0.717) is 43.4 Å². The summed E-state index contributed by atoms with van der Waals surface area (Å²) >= 11 is 10.9. The molecule has 2 aromatic heterocycles. The molecule has 1 aliphatic heterocycles. The van der Waals surface area contributed by atoms with E-state index in [1.807, 2.05) is 78.4 Å². The molecule has 0 spiro atoms. The molecule has 40 heavy (non-hydrogen) atoms. The number of benzene rings is 2. The highest BCUT2D eigenvalue weighted by Gasteiger charge is 2.36. The number of hydrogen-bond donors (Lipinski definition) is 0. The number of ether oxygens (including phenoxy) is 2. The summed E-state index contributed by atoms with van der Waals surface area (Å²) in [7, 11) is 1.57. The number of rotatable bonds is 8. The number of halogens is 2. The first-order valence-electron chi connectivity index (χ1n) is 12.8. The topological polar surface area (TPSA) is 74.8 Å². The minimum Gasteiger partial charge on any atom is -0.496 e. The van der Waals surface area contributed by atoms with Crippen LogP contribution in [-0.2, 0) is 9.53 Å². The van der Waals surface area contributed by atoms with Crippen LogP contribution in [0.5, 0.6) is 5.75 Å². The van der Waals surface area contributed by atoms with Crippen LogP contribution in [0.1, 0.15) is 44.0 Å². The third-order valence-corrected chi connectivity index (χ3v) is 8.27. The van der Waals surface area contributed by atoms with E-state index in [-0.39, 0.29) is 12.2 Å². The second kappa shape index (κ2) is 12.0. The van der Waals surface area contributed by atoms with Gasteiger partial charge in [-0.15, -0.1) is 0 Å². The summed E-state index contributed by atoms with van der Waals surface area (Å²) in [5.74, 6) is 0.0616. The van der Waals surface area contributed by atoms with Crippen LogP contribution in [-0.4, -0.2) is 28.8 Å². The van der Waals surface area contributed by atoms with Crippen LogP contribution in [0.25, 0.3) is 11.8 Å². The number of thiazole rings is 1. The molecule has 7 nitrogen and oxygen atoms in total. The maximum Gasteiger partial charge on any atom is 0.338 e. The molecular weight excluding hydrogens is 614 g/mol. The van der Waals surface area contributed by atoms with Crippen molar-refractivity contribution in [3.8, 4) is 11.4 Å². The maximum absolute atomic E-state index is 14.1. The molecule has 1 atom stereocenters. The van der Waals surface area contributed by atoms with E-state index in [2.05, 4.69) is 15.9 Å². The first kappa shape index (κ1) is 28.1. The molecule has 5 rings (SSSR count). The molecule has 0 saturated heterocycles. The third-order valence-electron chi connectivity index (χ3n) is 6.54. The van der Waals surface area contributed by atoms with Crippen molar-refractivity contribution < 1.29 is 14.3 Å². The van der Waals surface area contributed by atoms with Gasteiger partial charge in [-0.3, -0.25) is 9.36 Å². The van der Waals surface area contributed by atoms with Crippen LogP contribution < -0.4 is 19.6 Å². The molecule has 0 bridgehead atoms. The Labute approximate surface area is 248 Å². The van der Waals surface area contributed by atoms with Crippen molar-refractivity contribution in [3.05, 3.63) is 113 Å². The van der Waals surface area contributed by atoms with Gasteiger partial charge < -0.3 is 14.0 Å². The monoisotopic (exact) mass is 639 g/mol. The summed E-state index contributed by atoms with van der Waals surface area (Å²) in [5, 5.41) is 0.647. The van der Waals surface area contributed by atoms with Gasteiger partial charge in [-0.05, 0) is 74.0 Å². The SMILES string of the molecule is CCCC1=C(C(=O)OCC)C(c2cc(Br)ccc2OC)n2c(sc(=Cc3cccn3-c3ccc(Cl)cc3)c2=O)=N1. The Morgan fingerprint density at radius 1 is 1.18 bits per heavy atom. The number of methoxy groups -OCH3 is 1. The molecular formula is C30H27BrClN3O4S. The number of allylic oxidation sites excluding steroid dienone is 1. The van der Waals surface area contributed by atoms with Crippen LogP contribution in [0.4, 0.5) is 0 Å². The van der Waals surface area contributed by atoms with Gasteiger partial charge in [0.05, 0.1) is 29.5 Å². The number of esters is 1. The predicted octanol–water partition coefficient (Wildman–Crippen LogP) is 5.79. The van der Waals surface area contributed by atoms with Crippen molar-refractivity contribution in [2.75, 3.05) is 13.7 Å². The predicted molar refractivity (Wildman–Crippen MR) is 161 cm³/mol. The van der Waals surface area contributed by atoms with E-state index in [1.165, 1.54) is 11.3 Å². The number of fused-ring (bicyclic) bond motifs is 1. The van der Waals surface area contributed by atoms with Crippen LogP contribution >= 0.6 is 38.9 Å². The zero-order chi connectivity index (χ0) is 28.4. The molecule has 4 aromatic rings. The summed E-state index contributed by atoms with van der Waals surface area (Å²) in [6, 6.07) is 16.1. The molecule has 0 N–H and O–H groups in total. The highest BCUT2D eigenvalue weighted by molar-refractivity contribution is 9.10. The minimum absolute atomic E-state index is 0.205. The Morgan fingerprint density at radius 3 is 2.65 bits per heavy atom. The molecule has 1 unspecified atom stereocenters. The lowest BCUT2D eigenvalue weighted by molar-refractivity contribution is -0.139. The zero-order valence-corrected chi connectivity index (χ0v) is 25.3. The van der Waals surface area contributed by atoms with Crippen molar-refractivity contribution in [2.24, 2.45) is 4.99 Å². The van der Waals surface area contributed by atoms with Crippen molar-refractivity contribution in [2.45, 2.75) is 32.7 Å². The first-order chi connectivity index (χ1) is 19.4. The number of carbonyl (C=O) groups is 1. The van der Waals surface area contributed by atoms with E-state index < -0.39 is 12.0 Å². The summed E-state index contributed by atoms with van der Waals surface area (Å²) in [4.78, 5) is 32.9. The van der Waals surface area contributed by atoms with Crippen molar-refractivity contribution in [1.82, 2.24) is 9.13 Å². The van der Waals surface area contributed by atoms with E-state index in [0.717, 1.165) is 22.3 Å². The summed E-state index contributed by atoms with van der Waals surface area (Å²) < 4.78 is 16.0. The molecule has 10 heteroatoms. The molecule has 0 amide bonds. The van der Waals surface area contributed by atoms with Gasteiger partial charge in [-0.1, -0.05) is 52.2 Å². The molecule has 0 saturated carbocycles. The largest absolute Gasteiger partial charge is 0.496 e. The van der Waals surface area contributed by atoms with Gasteiger partial charge in [0.2, 0.25) is 0 Å². The normalized spacial score (nSPS) is 15.1. The summed E-state index contributed by atoms with van der Waals surface area (Å²) in [6.07, 6.45) is 5.11. The number of hydrogen-bond acceptors (Lipinski definition) is 6. The molecule has 0 radical (unpaired) electrons. The molecule has 2 aromatic carbocycles. The van der Waals surface area contributed by atoms with Gasteiger partial charge in [-0.25, -0.2) is 9.79 Å². The quantitative estimate of drug-likeness (QED) is 0.229. The Morgan fingerprint density at radius 2 is 1.95 bits per heavy atom. The van der Waals surface area contributed by atoms with Crippen molar-refractivity contribution in [3.63, 3.8) is 0 Å². The Hall–Kier alpha value is -3.40. The highest BCUT2D eigenvalue weighted by Crippen LogP contribution is 2.38. The number of carbonyl (C=O) groups excluding carboxylic acids is 1. The Kier molecular flexibility index (Phi) is 8.44. The molecule has 0 aliphatic carbocycles. The van der Waals surface area contributed by atoms with Crippen molar-refractivity contribution >= 4 is 50.9 Å². The van der Waals surface area contributed by atoms with Gasteiger partial charge >= 0.3 is 5.97 Å². The van der Waals surface area contributed by atoms with E-state index in [1.54, 1.807) is 18.6 Å². The van der Waals surface area contributed by atoms with Crippen molar-refractivity contribution in [1.29, 1.82) is 0 Å². The summed E-state index contributed by atoms with van der Waals surface area (Å²) in [5.41, 5.74) is 3.12. The summed E-state index contributed by atoms with van der Waals surface area (Å²) in [6.45, 7) is 3.99. The zero-order valence-electron chi connectivity index (χ0n) is 22.2. The second-order valence-electron chi connectivity index (χ2n) is 9.08. The van der Waals surface area contributed by atoms with Crippen LogP contribution in [0, 0.1) is 0 Å². The molecule has 3 heterocycles. The van der Waals surface area contributed by atoms with Crippen LogP contribution in [0.3, 0.4) is 0 Å². The lowest BCUT2D eigenvalue weighted by Gasteiger charge is -2.27.